The minimum atomic E-state index is -0.0805. The zero-order valence-corrected chi connectivity index (χ0v) is 16.2. The molecule has 7 heteroatoms. The molecular formula is C21H27N5O2. The van der Waals surface area contributed by atoms with Gasteiger partial charge in [0, 0.05) is 37.6 Å². The molecule has 0 spiro atoms. The number of rotatable bonds is 6. The van der Waals surface area contributed by atoms with Gasteiger partial charge in [-0.25, -0.2) is 4.79 Å². The Hall–Kier alpha value is -2.96. The molecule has 0 bridgehead atoms. The van der Waals surface area contributed by atoms with E-state index in [0.717, 1.165) is 17.7 Å². The summed E-state index contributed by atoms with van der Waals surface area (Å²) in [6.07, 6.45) is 7.36. The average molecular weight is 381 g/mol. The number of carbonyl (C=O) groups is 2. The lowest BCUT2D eigenvalue weighted by atomic mass is 9.96. The van der Waals surface area contributed by atoms with Gasteiger partial charge >= 0.3 is 6.03 Å². The first-order chi connectivity index (χ1) is 13.7. The van der Waals surface area contributed by atoms with Crippen LogP contribution < -0.4 is 10.6 Å². The number of nitrogens with one attached hydrogen (secondary N) is 2. The van der Waals surface area contributed by atoms with Crippen LogP contribution in [0.15, 0.2) is 48.9 Å². The average Bonchev–Trinajstić information content (AvgIpc) is 2.77. The molecule has 1 saturated heterocycles. The van der Waals surface area contributed by atoms with Crippen LogP contribution in [0.2, 0.25) is 0 Å². The van der Waals surface area contributed by atoms with E-state index in [0.29, 0.717) is 32.5 Å². The number of hydrogen-bond acceptors (Lipinski definition) is 4. The summed E-state index contributed by atoms with van der Waals surface area (Å²) in [6, 6.07) is 9.35. The van der Waals surface area contributed by atoms with Gasteiger partial charge in [0.1, 0.15) is 0 Å². The molecular weight excluding hydrogens is 354 g/mol. The van der Waals surface area contributed by atoms with E-state index < -0.39 is 0 Å². The molecule has 2 N–H and O–H groups in total. The van der Waals surface area contributed by atoms with Crippen molar-refractivity contribution in [2.24, 2.45) is 5.92 Å². The molecule has 2 aromatic rings. The van der Waals surface area contributed by atoms with Crippen LogP contribution in [-0.2, 0) is 11.3 Å². The van der Waals surface area contributed by atoms with Crippen molar-refractivity contribution in [2.75, 3.05) is 13.1 Å². The minimum Gasteiger partial charge on any atom is -0.350 e. The second-order valence-electron chi connectivity index (χ2n) is 7.00. The Kier molecular flexibility index (Phi) is 6.94. The molecule has 0 aliphatic carbocycles. The molecule has 0 saturated carbocycles. The SMILES string of the molecule is CC[C@@H](NC(=O)N1CCC(C(=O)NCc2ccccn2)CC1)c1cccnc1. The Labute approximate surface area is 165 Å². The fraction of sp³-hybridized carbons (Fsp3) is 0.429. The fourth-order valence-electron chi connectivity index (χ4n) is 3.41. The summed E-state index contributed by atoms with van der Waals surface area (Å²) in [5.41, 5.74) is 1.84. The summed E-state index contributed by atoms with van der Waals surface area (Å²) < 4.78 is 0. The number of urea groups is 1. The maximum Gasteiger partial charge on any atom is 0.317 e. The number of pyridine rings is 2. The van der Waals surface area contributed by atoms with Gasteiger partial charge in [-0.2, -0.15) is 0 Å². The van der Waals surface area contributed by atoms with Crippen LogP contribution in [0.5, 0.6) is 0 Å². The van der Waals surface area contributed by atoms with Crippen LogP contribution in [0.3, 0.4) is 0 Å². The standard InChI is InChI=1S/C21H27N5O2/c1-2-19(17-6-5-10-22-14-17)25-21(28)26-12-8-16(9-13-26)20(27)24-15-18-7-3-4-11-23-18/h3-7,10-11,14,16,19H,2,8-9,12-13,15H2,1H3,(H,24,27)(H,25,28)/t19-/m1/s1. The molecule has 3 amide bonds. The first-order valence-electron chi connectivity index (χ1n) is 9.80. The number of piperidine rings is 1. The molecule has 3 heterocycles. The van der Waals surface area contributed by atoms with Gasteiger partial charge in [-0.1, -0.05) is 19.1 Å². The number of likely N-dealkylation sites (tertiary alicyclic amines) is 1. The number of aromatic nitrogens is 2. The molecule has 0 aromatic carbocycles. The summed E-state index contributed by atoms with van der Waals surface area (Å²) in [5, 5.41) is 6.03. The van der Waals surface area contributed by atoms with Crippen molar-refractivity contribution >= 4 is 11.9 Å². The normalized spacial score (nSPS) is 15.7. The molecule has 1 aliphatic rings. The third kappa shape index (κ3) is 5.28. The third-order valence-electron chi connectivity index (χ3n) is 5.12. The lowest BCUT2D eigenvalue weighted by molar-refractivity contribution is -0.126. The van der Waals surface area contributed by atoms with E-state index in [2.05, 4.69) is 20.6 Å². The molecule has 2 aromatic heterocycles. The lowest BCUT2D eigenvalue weighted by Crippen LogP contribution is -2.47. The molecule has 1 fully saturated rings. The molecule has 1 aliphatic heterocycles. The Morgan fingerprint density at radius 2 is 2.00 bits per heavy atom. The Morgan fingerprint density at radius 3 is 2.64 bits per heavy atom. The van der Waals surface area contributed by atoms with E-state index in [-0.39, 0.29) is 23.9 Å². The number of hydrogen-bond donors (Lipinski definition) is 2. The largest absolute Gasteiger partial charge is 0.350 e. The van der Waals surface area contributed by atoms with Crippen molar-refractivity contribution in [1.29, 1.82) is 0 Å². The molecule has 28 heavy (non-hydrogen) atoms. The highest BCUT2D eigenvalue weighted by molar-refractivity contribution is 5.79. The quantitative estimate of drug-likeness (QED) is 0.805. The van der Waals surface area contributed by atoms with Gasteiger partial charge in [0.25, 0.3) is 0 Å². The van der Waals surface area contributed by atoms with Crippen molar-refractivity contribution in [3.63, 3.8) is 0 Å². The van der Waals surface area contributed by atoms with Crippen molar-refractivity contribution in [2.45, 2.75) is 38.8 Å². The third-order valence-corrected chi connectivity index (χ3v) is 5.12. The monoisotopic (exact) mass is 381 g/mol. The van der Waals surface area contributed by atoms with E-state index in [1.807, 2.05) is 37.3 Å². The van der Waals surface area contributed by atoms with Gasteiger partial charge in [-0.05, 0) is 43.0 Å². The molecule has 148 valence electrons. The smallest absolute Gasteiger partial charge is 0.317 e. The van der Waals surface area contributed by atoms with Gasteiger partial charge in [-0.15, -0.1) is 0 Å². The maximum atomic E-state index is 12.6. The highest BCUT2D eigenvalue weighted by Crippen LogP contribution is 2.20. The zero-order valence-electron chi connectivity index (χ0n) is 16.2. The van der Waals surface area contributed by atoms with Crippen LogP contribution in [0.25, 0.3) is 0 Å². The van der Waals surface area contributed by atoms with Gasteiger partial charge < -0.3 is 15.5 Å². The zero-order chi connectivity index (χ0) is 19.8. The summed E-state index contributed by atoms with van der Waals surface area (Å²) in [4.78, 5) is 35.1. The highest BCUT2D eigenvalue weighted by Gasteiger charge is 2.28. The maximum absolute atomic E-state index is 12.6. The minimum absolute atomic E-state index is 0.0347. The van der Waals surface area contributed by atoms with E-state index in [1.54, 1.807) is 23.5 Å². The second kappa shape index (κ2) is 9.82. The van der Waals surface area contributed by atoms with Crippen molar-refractivity contribution in [3.05, 3.63) is 60.2 Å². The number of carbonyl (C=O) groups excluding carboxylic acids is 2. The summed E-state index contributed by atoms with van der Waals surface area (Å²) in [6.45, 7) is 3.63. The Balaban J connectivity index is 1.45. The fourth-order valence-corrected chi connectivity index (χ4v) is 3.41. The first kappa shape index (κ1) is 19.8. The van der Waals surface area contributed by atoms with Crippen LogP contribution in [0.1, 0.15) is 43.5 Å². The second-order valence-corrected chi connectivity index (χ2v) is 7.00. The van der Waals surface area contributed by atoms with Crippen LogP contribution in [-0.4, -0.2) is 39.9 Å². The lowest BCUT2D eigenvalue weighted by Gasteiger charge is -2.32. The van der Waals surface area contributed by atoms with E-state index >= 15 is 0 Å². The van der Waals surface area contributed by atoms with Crippen molar-refractivity contribution in [3.8, 4) is 0 Å². The van der Waals surface area contributed by atoms with Gasteiger partial charge in [0.15, 0.2) is 0 Å². The summed E-state index contributed by atoms with van der Waals surface area (Å²) in [7, 11) is 0. The molecule has 0 unspecified atom stereocenters. The topological polar surface area (TPSA) is 87.2 Å². The van der Waals surface area contributed by atoms with E-state index in [9.17, 15) is 9.59 Å². The first-order valence-corrected chi connectivity index (χ1v) is 9.80. The number of nitrogens with zero attached hydrogens (tertiary/aromatic N) is 3. The van der Waals surface area contributed by atoms with Crippen LogP contribution >= 0.6 is 0 Å². The Bertz CT molecular complexity index is 761. The van der Waals surface area contributed by atoms with Crippen LogP contribution in [0.4, 0.5) is 4.79 Å². The molecule has 0 radical (unpaired) electrons. The van der Waals surface area contributed by atoms with Gasteiger partial charge in [0.05, 0.1) is 18.3 Å². The van der Waals surface area contributed by atoms with Crippen molar-refractivity contribution in [1.82, 2.24) is 25.5 Å². The van der Waals surface area contributed by atoms with E-state index in [1.165, 1.54) is 0 Å². The van der Waals surface area contributed by atoms with Crippen molar-refractivity contribution < 1.29 is 9.59 Å². The Morgan fingerprint density at radius 1 is 1.18 bits per heavy atom. The van der Waals surface area contributed by atoms with Gasteiger partial charge in [-0.3, -0.25) is 14.8 Å². The molecule has 1 atom stereocenters. The van der Waals surface area contributed by atoms with Crippen LogP contribution in [0, 0.1) is 5.92 Å². The summed E-state index contributed by atoms with van der Waals surface area (Å²) in [5.74, 6) is -0.0273. The predicted octanol–water partition coefficient (Wildman–Crippen LogP) is 2.67. The van der Waals surface area contributed by atoms with Gasteiger partial charge in [0.2, 0.25) is 5.91 Å². The predicted molar refractivity (Wildman–Crippen MR) is 106 cm³/mol. The summed E-state index contributed by atoms with van der Waals surface area (Å²) >= 11 is 0. The highest BCUT2D eigenvalue weighted by atomic mass is 16.2. The van der Waals surface area contributed by atoms with E-state index in [4.69, 9.17) is 0 Å². The molecule has 7 nitrogen and oxygen atoms in total. The number of amides is 3. The molecule has 3 rings (SSSR count).